The van der Waals surface area contributed by atoms with E-state index in [9.17, 15) is 52.7 Å². The maximum absolute atomic E-state index is 13.6. The van der Waals surface area contributed by atoms with Crippen molar-refractivity contribution < 1.29 is 52.7 Å². The van der Waals surface area contributed by atoms with Crippen LogP contribution < -0.4 is 0 Å². The zero-order chi connectivity index (χ0) is 45.5. The summed E-state index contributed by atoms with van der Waals surface area (Å²) in [6.45, 7) is 0. The Balaban J connectivity index is 1.22. The summed E-state index contributed by atoms with van der Waals surface area (Å²) in [5.41, 5.74) is -1.07. The van der Waals surface area contributed by atoms with E-state index in [0.29, 0.717) is 41.8 Å². The van der Waals surface area contributed by atoms with Crippen LogP contribution in [0, 0.1) is 0 Å². The second-order valence-electron chi connectivity index (χ2n) is 15.2. The van der Waals surface area contributed by atoms with Gasteiger partial charge in [0.25, 0.3) is 0 Å². The van der Waals surface area contributed by atoms with E-state index in [-0.39, 0.29) is 0 Å². The Morgan fingerprint density at radius 2 is 0.462 bits per heavy atom. The fourth-order valence-electron chi connectivity index (χ4n) is 8.13. The molecule has 0 nitrogen and oxygen atoms in total. The largest absolute Gasteiger partial charge is 0.416 e. The van der Waals surface area contributed by atoms with Crippen LogP contribution >= 0.6 is 56.7 Å². The first-order valence-corrected chi connectivity index (χ1v) is 23.2. The highest BCUT2D eigenvalue weighted by molar-refractivity contribution is 7.35. The second kappa shape index (κ2) is 14.5. The molecule has 65 heavy (non-hydrogen) atoms. The Hall–Kier alpha value is -5.46. The van der Waals surface area contributed by atoms with Crippen LogP contribution in [0.2, 0.25) is 0 Å². The Morgan fingerprint density at radius 3 is 0.692 bits per heavy atom. The molecular weight excluding hydrogens is 965 g/mol. The van der Waals surface area contributed by atoms with Crippen molar-refractivity contribution >= 4 is 117 Å². The van der Waals surface area contributed by atoms with Gasteiger partial charge in [0.1, 0.15) is 0 Å². The standard InChI is InChI=1S/C48H20F12S5/c49-45(50,51)25-9-1-21(2-10-25)33-17-29-37-38-30-18-34(22-3-11-26(12-4-22)46(52,53)54)62-42(30)44-32(20-36(64-44)24-7-15-28(16-8-24)48(58,59)60)40(38)65-39(37)31-19-35(63-43(31)41(29)61-33)23-5-13-27(14-6-23)47(55,56)57/h1-20H. The molecule has 0 saturated heterocycles. The summed E-state index contributed by atoms with van der Waals surface area (Å²) >= 11 is 6.97. The average molecular weight is 985 g/mol. The van der Waals surface area contributed by atoms with Crippen LogP contribution in [0.1, 0.15) is 22.3 Å². The van der Waals surface area contributed by atoms with E-state index in [4.69, 9.17) is 0 Å². The summed E-state index contributed by atoms with van der Waals surface area (Å²) in [5.74, 6) is 0. The smallest absolute Gasteiger partial charge is 0.166 e. The minimum absolute atomic E-state index is 0.534. The first-order chi connectivity index (χ1) is 30.7. The fraction of sp³-hybridized carbons (Fsp3) is 0.0833. The lowest BCUT2D eigenvalue weighted by atomic mass is 10.0. The van der Waals surface area contributed by atoms with Crippen LogP contribution in [0.3, 0.4) is 0 Å². The summed E-state index contributed by atoms with van der Waals surface area (Å²) in [6, 6.07) is 27.1. The lowest BCUT2D eigenvalue weighted by Gasteiger charge is -2.06. The molecule has 6 aromatic carbocycles. The third kappa shape index (κ3) is 7.08. The molecule has 0 unspecified atom stereocenters. The average Bonchev–Trinajstić information content (AvgIpc) is 4.10. The number of benzene rings is 6. The number of fused-ring (bicyclic) bond motifs is 13. The highest BCUT2D eigenvalue weighted by atomic mass is 32.1. The zero-order valence-corrected chi connectivity index (χ0v) is 36.2. The maximum atomic E-state index is 13.6. The first-order valence-electron chi connectivity index (χ1n) is 19.2. The monoisotopic (exact) mass is 984 g/mol. The third-order valence-electron chi connectivity index (χ3n) is 11.3. The number of hydrogen-bond donors (Lipinski definition) is 0. The topological polar surface area (TPSA) is 0 Å². The van der Waals surface area contributed by atoms with Gasteiger partial charge in [-0.3, -0.25) is 0 Å². The molecule has 0 spiro atoms. The Kier molecular flexibility index (Phi) is 9.42. The molecule has 0 amide bonds. The predicted molar refractivity (Wildman–Crippen MR) is 243 cm³/mol. The van der Waals surface area contributed by atoms with Gasteiger partial charge < -0.3 is 0 Å². The van der Waals surface area contributed by atoms with Gasteiger partial charge in [0, 0.05) is 61.2 Å². The first kappa shape index (κ1) is 42.2. The Labute approximate surface area is 377 Å². The lowest BCUT2D eigenvalue weighted by Crippen LogP contribution is -2.03. The van der Waals surface area contributed by atoms with E-state index in [1.54, 1.807) is 0 Å². The SMILES string of the molecule is FC(F)(F)c1ccc(-c2cc3c(s2)c2sc(-c4ccc(C(F)(F)F)cc4)cc2c2c3sc3c4cc(-c5ccc(C(F)(F)F)cc5)sc4c4sc(-c5ccc(C(F)(F)F)cc5)cc4c32)cc1. The van der Waals surface area contributed by atoms with Gasteiger partial charge in [-0.05, 0) is 95.1 Å². The van der Waals surface area contributed by atoms with Crippen LogP contribution in [-0.2, 0) is 24.7 Å². The summed E-state index contributed by atoms with van der Waals surface area (Å²) in [4.78, 5) is 2.69. The molecule has 5 aromatic heterocycles. The van der Waals surface area contributed by atoms with Crippen LogP contribution in [0.15, 0.2) is 121 Å². The predicted octanol–water partition coefficient (Wildman–Crippen LogP) is 19.7. The molecule has 17 heteroatoms. The number of thiophene rings is 5. The molecule has 0 atom stereocenters. The van der Waals surface area contributed by atoms with Crippen molar-refractivity contribution in [3.8, 4) is 41.8 Å². The van der Waals surface area contributed by atoms with E-state index in [1.165, 1.54) is 105 Å². The van der Waals surface area contributed by atoms with Crippen molar-refractivity contribution in [1.82, 2.24) is 0 Å². The van der Waals surface area contributed by atoms with Gasteiger partial charge in [-0.1, -0.05) is 48.5 Å². The van der Waals surface area contributed by atoms with Crippen LogP contribution in [-0.4, -0.2) is 0 Å². The number of halogens is 12. The summed E-state index contributed by atoms with van der Waals surface area (Å²) in [6.07, 6.45) is -18.2. The summed E-state index contributed by atoms with van der Waals surface area (Å²) in [7, 11) is 0. The fourth-order valence-corrected chi connectivity index (χ4v) is 14.6. The van der Waals surface area contributed by atoms with Crippen molar-refractivity contribution in [2.75, 3.05) is 0 Å². The molecule has 5 heterocycles. The van der Waals surface area contributed by atoms with Crippen molar-refractivity contribution in [2.45, 2.75) is 24.7 Å². The van der Waals surface area contributed by atoms with Crippen molar-refractivity contribution in [3.63, 3.8) is 0 Å². The van der Waals surface area contributed by atoms with Gasteiger partial charge in [0.15, 0.2) is 0 Å². The van der Waals surface area contributed by atoms with Gasteiger partial charge in [0.05, 0.1) is 41.1 Å². The molecule has 0 saturated carbocycles. The minimum atomic E-state index is -4.55. The zero-order valence-electron chi connectivity index (χ0n) is 32.1. The van der Waals surface area contributed by atoms with Gasteiger partial charge in [-0.15, -0.1) is 56.7 Å². The Morgan fingerprint density at radius 1 is 0.246 bits per heavy atom. The molecule has 0 fully saturated rings. The van der Waals surface area contributed by atoms with E-state index in [2.05, 4.69) is 0 Å². The van der Waals surface area contributed by atoms with Crippen molar-refractivity contribution in [3.05, 3.63) is 144 Å². The molecule has 11 rings (SSSR count). The lowest BCUT2D eigenvalue weighted by molar-refractivity contribution is -0.138. The van der Waals surface area contributed by atoms with Gasteiger partial charge in [0.2, 0.25) is 0 Å². The number of alkyl halides is 12. The quantitative estimate of drug-likeness (QED) is 0.154. The van der Waals surface area contributed by atoms with Crippen LogP contribution in [0.25, 0.3) is 102 Å². The second-order valence-corrected chi connectivity index (χ2v) is 20.5. The maximum Gasteiger partial charge on any atom is 0.416 e. The van der Waals surface area contributed by atoms with Crippen molar-refractivity contribution in [2.24, 2.45) is 0 Å². The summed E-state index contributed by atoms with van der Waals surface area (Å²) < 4.78 is 168. The normalized spacial score (nSPS) is 13.2. The molecule has 11 aromatic rings. The molecule has 326 valence electrons. The molecule has 0 N–H and O–H groups in total. The van der Waals surface area contributed by atoms with E-state index in [1.807, 2.05) is 24.3 Å². The van der Waals surface area contributed by atoms with Crippen LogP contribution in [0.4, 0.5) is 52.7 Å². The molecule has 0 aliphatic rings. The minimum Gasteiger partial charge on any atom is -0.166 e. The van der Waals surface area contributed by atoms with Gasteiger partial charge >= 0.3 is 24.7 Å². The van der Waals surface area contributed by atoms with E-state index in [0.717, 1.165) is 109 Å². The third-order valence-corrected chi connectivity index (χ3v) is 17.6. The van der Waals surface area contributed by atoms with E-state index >= 15 is 0 Å². The molecule has 0 radical (unpaired) electrons. The Bertz CT molecular complexity index is 3420. The number of rotatable bonds is 4. The molecular formula is C48H20F12S5. The molecule has 0 bridgehead atoms. The highest BCUT2D eigenvalue weighted by Crippen LogP contribution is 2.57. The van der Waals surface area contributed by atoms with Gasteiger partial charge in [-0.2, -0.15) is 52.7 Å². The van der Waals surface area contributed by atoms with Crippen LogP contribution in [0.5, 0.6) is 0 Å². The van der Waals surface area contributed by atoms with Crippen molar-refractivity contribution in [1.29, 1.82) is 0 Å². The molecule has 0 aliphatic carbocycles. The van der Waals surface area contributed by atoms with E-state index < -0.39 is 47.0 Å². The molecule has 0 aliphatic heterocycles. The van der Waals surface area contributed by atoms with Gasteiger partial charge in [-0.25, -0.2) is 0 Å². The highest BCUT2D eigenvalue weighted by Gasteiger charge is 2.33. The number of hydrogen-bond acceptors (Lipinski definition) is 5. The summed E-state index contributed by atoms with van der Waals surface area (Å²) in [5, 5.41) is 4.77.